The largest absolute Gasteiger partial charge is 0.151 e. The van der Waals surface area contributed by atoms with E-state index in [1.165, 1.54) is 12.8 Å². The molecule has 2 heteroatoms. The Kier molecular flexibility index (Phi) is 1.61. The Labute approximate surface area is 49.3 Å². The fourth-order valence-electron chi connectivity index (χ4n) is 0.975. The van der Waals surface area contributed by atoms with Crippen molar-refractivity contribution in [2.45, 2.75) is 32.2 Å². The maximum Gasteiger partial charge on any atom is 0.0945 e. The zero-order valence-electron chi connectivity index (χ0n) is 5.13. The number of hydrogen-bond donors (Lipinski definition) is 0. The quantitative estimate of drug-likeness (QED) is 0.514. The van der Waals surface area contributed by atoms with E-state index >= 15 is 0 Å². The van der Waals surface area contributed by atoms with Crippen molar-refractivity contribution >= 4 is 0 Å². The molecule has 0 heterocycles. The van der Waals surface area contributed by atoms with Gasteiger partial charge in [-0.15, -0.1) is 0 Å². The summed E-state index contributed by atoms with van der Waals surface area (Å²) in [7, 11) is 0. The number of hydrogen-bond acceptors (Lipinski definition) is 2. The van der Waals surface area contributed by atoms with Gasteiger partial charge in [0.25, 0.3) is 0 Å². The lowest BCUT2D eigenvalue weighted by Gasteiger charge is -1.98. The van der Waals surface area contributed by atoms with Crippen LogP contribution in [0.5, 0.6) is 0 Å². The van der Waals surface area contributed by atoms with Gasteiger partial charge in [-0.1, -0.05) is 12.1 Å². The predicted octanol–water partition coefficient (Wildman–Crippen LogP) is 1.94. The van der Waals surface area contributed by atoms with Gasteiger partial charge in [-0.05, 0) is 25.2 Å². The first-order valence-electron chi connectivity index (χ1n) is 3.21. The molecule has 0 aromatic heterocycles. The summed E-state index contributed by atoms with van der Waals surface area (Å²) in [6.45, 7) is 2.02. The SMILES string of the molecule is CCC(N=O)C1CC1. The van der Waals surface area contributed by atoms with Crippen LogP contribution in [0.2, 0.25) is 0 Å². The van der Waals surface area contributed by atoms with Gasteiger partial charge in [0.2, 0.25) is 0 Å². The molecule has 1 atom stereocenters. The third-order valence-electron chi connectivity index (χ3n) is 1.72. The maximum atomic E-state index is 9.97. The predicted molar refractivity (Wildman–Crippen MR) is 32.6 cm³/mol. The summed E-state index contributed by atoms with van der Waals surface area (Å²) in [5, 5.41) is 3.02. The molecule has 0 bridgehead atoms. The minimum absolute atomic E-state index is 0.134. The minimum Gasteiger partial charge on any atom is -0.151 e. The van der Waals surface area contributed by atoms with Crippen LogP contribution in [0.1, 0.15) is 26.2 Å². The Hall–Kier alpha value is -0.400. The highest BCUT2D eigenvalue weighted by Gasteiger charge is 2.30. The molecular formula is C6H11NO. The van der Waals surface area contributed by atoms with Crippen molar-refractivity contribution in [1.82, 2.24) is 0 Å². The van der Waals surface area contributed by atoms with E-state index in [2.05, 4.69) is 5.18 Å². The first kappa shape index (κ1) is 5.73. The van der Waals surface area contributed by atoms with Crippen LogP contribution in [0.25, 0.3) is 0 Å². The summed E-state index contributed by atoms with van der Waals surface area (Å²) in [5.74, 6) is 0.650. The summed E-state index contributed by atoms with van der Waals surface area (Å²) in [6, 6.07) is 0.134. The van der Waals surface area contributed by atoms with Crippen LogP contribution in [-0.4, -0.2) is 6.04 Å². The Balaban J connectivity index is 2.25. The topological polar surface area (TPSA) is 29.4 Å². The van der Waals surface area contributed by atoms with Crippen LogP contribution in [0.15, 0.2) is 5.18 Å². The van der Waals surface area contributed by atoms with Crippen molar-refractivity contribution in [2.75, 3.05) is 0 Å². The second kappa shape index (κ2) is 2.25. The standard InChI is InChI=1S/C6H11NO/c1-2-6(7-8)5-3-4-5/h5-6H,2-4H2,1H3. The highest BCUT2D eigenvalue weighted by Crippen LogP contribution is 2.35. The molecule has 0 amide bonds. The molecule has 1 aliphatic rings. The molecule has 1 aliphatic carbocycles. The molecule has 1 fully saturated rings. The lowest BCUT2D eigenvalue weighted by Crippen LogP contribution is -2.02. The number of rotatable bonds is 3. The molecule has 0 saturated heterocycles. The van der Waals surface area contributed by atoms with Crippen LogP contribution in [0, 0.1) is 10.8 Å². The third-order valence-corrected chi connectivity index (χ3v) is 1.72. The van der Waals surface area contributed by atoms with Gasteiger partial charge in [0, 0.05) is 0 Å². The summed E-state index contributed by atoms with van der Waals surface area (Å²) in [6.07, 6.45) is 3.38. The highest BCUT2D eigenvalue weighted by atomic mass is 16.3. The lowest BCUT2D eigenvalue weighted by atomic mass is 10.1. The second-order valence-electron chi connectivity index (χ2n) is 2.42. The molecule has 0 spiro atoms. The minimum atomic E-state index is 0.134. The van der Waals surface area contributed by atoms with E-state index < -0.39 is 0 Å². The van der Waals surface area contributed by atoms with E-state index in [-0.39, 0.29) is 6.04 Å². The first-order valence-corrected chi connectivity index (χ1v) is 3.21. The van der Waals surface area contributed by atoms with Gasteiger partial charge < -0.3 is 0 Å². The molecule has 0 aliphatic heterocycles. The van der Waals surface area contributed by atoms with E-state index in [0.717, 1.165) is 6.42 Å². The van der Waals surface area contributed by atoms with Gasteiger partial charge in [-0.25, -0.2) is 0 Å². The van der Waals surface area contributed by atoms with Crippen molar-refractivity contribution in [3.05, 3.63) is 4.91 Å². The zero-order chi connectivity index (χ0) is 5.98. The van der Waals surface area contributed by atoms with E-state index in [9.17, 15) is 4.91 Å². The maximum absolute atomic E-state index is 9.97. The van der Waals surface area contributed by atoms with Gasteiger partial charge in [0.15, 0.2) is 0 Å². The van der Waals surface area contributed by atoms with Gasteiger partial charge in [-0.3, -0.25) is 0 Å². The Morgan fingerprint density at radius 3 is 2.50 bits per heavy atom. The Morgan fingerprint density at radius 2 is 2.38 bits per heavy atom. The summed E-state index contributed by atoms with van der Waals surface area (Å²) >= 11 is 0. The summed E-state index contributed by atoms with van der Waals surface area (Å²) in [5.41, 5.74) is 0. The number of nitrogens with zero attached hydrogens (tertiary/aromatic N) is 1. The van der Waals surface area contributed by atoms with Crippen molar-refractivity contribution in [1.29, 1.82) is 0 Å². The van der Waals surface area contributed by atoms with Gasteiger partial charge >= 0.3 is 0 Å². The van der Waals surface area contributed by atoms with Crippen molar-refractivity contribution in [2.24, 2.45) is 11.1 Å². The lowest BCUT2D eigenvalue weighted by molar-refractivity contribution is 0.575. The van der Waals surface area contributed by atoms with E-state index in [1.54, 1.807) is 0 Å². The summed E-state index contributed by atoms with van der Waals surface area (Å²) < 4.78 is 0. The Morgan fingerprint density at radius 1 is 1.75 bits per heavy atom. The molecule has 1 unspecified atom stereocenters. The van der Waals surface area contributed by atoms with Gasteiger partial charge in [-0.2, -0.15) is 4.91 Å². The van der Waals surface area contributed by atoms with E-state index in [4.69, 9.17) is 0 Å². The smallest absolute Gasteiger partial charge is 0.0945 e. The molecule has 0 radical (unpaired) electrons. The van der Waals surface area contributed by atoms with Crippen molar-refractivity contribution < 1.29 is 0 Å². The third kappa shape index (κ3) is 1.05. The molecule has 0 N–H and O–H groups in total. The van der Waals surface area contributed by atoms with E-state index in [0.29, 0.717) is 5.92 Å². The molecule has 46 valence electrons. The fraction of sp³-hybridized carbons (Fsp3) is 1.00. The Bertz CT molecular complexity index is 88.5. The van der Waals surface area contributed by atoms with E-state index in [1.807, 2.05) is 6.92 Å². The monoisotopic (exact) mass is 113 g/mol. The highest BCUT2D eigenvalue weighted by molar-refractivity contribution is 4.84. The van der Waals surface area contributed by atoms with Crippen LogP contribution in [-0.2, 0) is 0 Å². The molecular weight excluding hydrogens is 102 g/mol. The van der Waals surface area contributed by atoms with Crippen molar-refractivity contribution in [3.8, 4) is 0 Å². The van der Waals surface area contributed by atoms with Crippen LogP contribution in [0.4, 0.5) is 0 Å². The second-order valence-corrected chi connectivity index (χ2v) is 2.42. The van der Waals surface area contributed by atoms with Crippen LogP contribution < -0.4 is 0 Å². The van der Waals surface area contributed by atoms with Gasteiger partial charge in [0.05, 0.1) is 6.04 Å². The van der Waals surface area contributed by atoms with Gasteiger partial charge in [0.1, 0.15) is 0 Å². The normalized spacial score (nSPS) is 22.6. The fourth-order valence-corrected chi connectivity index (χ4v) is 0.975. The molecule has 8 heavy (non-hydrogen) atoms. The zero-order valence-corrected chi connectivity index (χ0v) is 5.13. The molecule has 0 aromatic carbocycles. The first-order chi connectivity index (χ1) is 3.88. The molecule has 0 aromatic rings. The summed E-state index contributed by atoms with van der Waals surface area (Å²) in [4.78, 5) is 9.97. The van der Waals surface area contributed by atoms with Crippen molar-refractivity contribution in [3.63, 3.8) is 0 Å². The average molecular weight is 113 g/mol. The molecule has 1 rings (SSSR count). The molecule has 2 nitrogen and oxygen atoms in total. The number of nitroso groups, excluding NO2 is 1. The molecule has 1 saturated carbocycles. The van der Waals surface area contributed by atoms with Crippen LogP contribution in [0.3, 0.4) is 0 Å². The average Bonchev–Trinajstić information content (AvgIpc) is 2.53. The van der Waals surface area contributed by atoms with Crippen LogP contribution >= 0.6 is 0 Å².